The highest BCUT2D eigenvalue weighted by Gasteiger charge is 2.33. The molecule has 1 heterocycles. The van der Waals surface area contributed by atoms with E-state index >= 15 is 0 Å². The van der Waals surface area contributed by atoms with Crippen LogP contribution in [0.1, 0.15) is 5.56 Å². The Morgan fingerprint density at radius 2 is 1.76 bits per heavy atom. The molecule has 2 aromatic carbocycles. The van der Waals surface area contributed by atoms with Gasteiger partial charge >= 0.3 is 12.2 Å². The van der Waals surface area contributed by atoms with Crippen molar-refractivity contribution < 1.29 is 31.1 Å². The topological polar surface area (TPSA) is 110 Å². The number of halogens is 5. The number of alkyl halides is 3. The first-order chi connectivity index (χ1) is 15.3. The maximum Gasteiger partial charge on any atom is 0.417 e. The highest BCUT2D eigenvalue weighted by atomic mass is 35.5. The first-order valence-electron chi connectivity index (χ1n) is 8.78. The number of benzene rings is 2. The number of hydrogen-bond acceptors (Lipinski definition) is 6. The van der Waals surface area contributed by atoms with Gasteiger partial charge in [0.1, 0.15) is 5.75 Å². The molecule has 3 aromatic rings. The van der Waals surface area contributed by atoms with Gasteiger partial charge in [-0.05, 0) is 30.3 Å². The minimum atomic E-state index is -4.68. The van der Waals surface area contributed by atoms with Crippen molar-refractivity contribution in [3.05, 3.63) is 64.3 Å². The van der Waals surface area contributed by atoms with E-state index in [1.54, 1.807) is 0 Å². The van der Waals surface area contributed by atoms with Crippen LogP contribution in [0.15, 0.2) is 53.8 Å². The van der Waals surface area contributed by atoms with Gasteiger partial charge in [-0.25, -0.2) is 18.2 Å². The Hall–Kier alpha value is -3.09. The van der Waals surface area contributed by atoms with Crippen molar-refractivity contribution in [2.45, 2.75) is 11.3 Å². The zero-order chi connectivity index (χ0) is 24.4. The summed E-state index contributed by atoms with van der Waals surface area (Å²) in [5.74, 6) is 0.125. The number of aromatic nitrogens is 2. The maximum atomic E-state index is 13.0. The fourth-order valence-electron chi connectivity index (χ4n) is 2.45. The second kappa shape index (κ2) is 9.41. The van der Waals surface area contributed by atoms with E-state index < -0.39 is 37.8 Å². The average molecular weight is 521 g/mol. The lowest BCUT2D eigenvalue weighted by Crippen LogP contribution is -2.20. The summed E-state index contributed by atoms with van der Waals surface area (Å²) in [6, 6.07) is 7.52. The van der Waals surface area contributed by atoms with Crippen molar-refractivity contribution in [1.29, 1.82) is 0 Å². The van der Waals surface area contributed by atoms with Crippen LogP contribution in [-0.4, -0.2) is 30.7 Å². The van der Waals surface area contributed by atoms with Crippen molar-refractivity contribution in [2.24, 2.45) is 0 Å². The standard InChI is InChI=1S/C19H13Cl2F3N4O4S/c1-33(30,31)18-25-7-6-16(28-18)32-11-3-5-15(14(21)9-11)27-17(29)26-10-2-4-13(20)12(8-10)19(22,23)24/h2-9H,1H3,(H2,26,27,29). The number of ether oxygens (including phenoxy) is 1. The van der Waals surface area contributed by atoms with E-state index in [2.05, 4.69) is 20.6 Å². The fourth-order valence-corrected chi connectivity index (χ4v) is 3.40. The molecule has 0 saturated heterocycles. The SMILES string of the molecule is CS(=O)(=O)c1nccc(Oc2ccc(NC(=O)Nc3ccc(Cl)c(C(F)(F)F)c3)c(Cl)c2)n1. The Morgan fingerprint density at radius 3 is 2.39 bits per heavy atom. The van der Waals surface area contributed by atoms with Crippen LogP contribution in [0.25, 0.3) is 0 Å². The molecule has 0 radical (unpaired) electrons. The van der Waals surface area contributed by atoms with Gasteiger partial charge in [0.15, 0.2) is 0 Å². The van der Waals surface area contributed by atoms with E-state index in [1.807, 2.05) is 0 Å². The van der Waals surface area contributed by atoms with Crippen LogP contribution in [0.5, 0.6) is 11.6 Å². The van der Waals surface area contributed by atoms with Gasteiger partial charge in [-0.15, -0.1) is 0 Å². The molecule has 14 heteroatoms. The smallest absolute Gasteiger partial charge is 0.417 e. The summed E-state index contributed by atoms with van der Waals surface area (Å²) >= 11 is 11.7. The number of urea groups is 1. The third-order valence-corrected chi connectivity index (χ3v) is 5.38. The number of amides is 2. The molecule has 174 valence electrons. The van der Waals surface area contributed by atoms with Crippen molar-refractivity contribution in [3.63, 3.8) is 0 Å². The maximum absolute atomic E-state index is 13.0. The minimum absolute atomic E-state index is 0.0344. The third-order valence-electron chi connectivity index (χ3n) is 3.88. The lowest BCUT2D eigenvalue weighted by atomic mass is 10.2. The Bertz CT molecular complexity index is 1320. The van der Waals surface area contributed by atoms with Crippen molar-refractivity contribution >= 4 is 50.4 Å². The van der Waals surface area contributed by atoms with Crippen LogP contribution >= 0.6 is 23.2 Å². The molecule has 0 bridgehead atoms. The molecule has 0 unspecified atom stereocenters. The summed E-state index contributed by atoms with van der Waals surface area (Å²) in [6.45, 7) is 0. The molecule has 0 fully saturated rings. The molecular weight excluding hydrogens is 508 g/mol. The molecule has 2 amide bonds. The van der Waals surface area contributed by atoms with Gasteiger partial charge in [0.05, 0.1) is 21.3 Å². The molecule has 0 saturated carbocycles. The summed E-state index contributed by atoms with van der Waals surface area (Å²) in [4.78, 5) is 19.6. The molecule has 2 N–H and O–H groups in total. The Balaban J connectivity index is 1.70. The third kappa shape index (κ3) is 6.46. The first kappa shape index (κ1) is 24.6. The average Bonchev–Trinajstić information content (AvgIpc) is 2.70. The number of sulfone groups is 1. The molecule has 3 rings (SSSR count). The number of carbonyl (C=O) groups excluding carboxylic acids is 1. The highest BCUT2D eigenvalue weighted by Crippen LogP contribution is 2.36. The van der Waals surface area contributed by atoms with Crippen molar-refractivity contribution in [2.75, 3.05) is 16.9 Å². The van der Waals surface area contributed by atoms with E-state index in [4.69, 9.17) is 27.9 Å². The van der Waals surface area contributed by atoms with Gasteiger partial charge in [-0.2, -0.15) is 18.2 Å². The number of hydrogen-bond donors (Lipinski definition) is 2. The lowest BCUT2D eigenvalue weighted by Gasteiger charge is -2.13. The quantitative estimate of drug-likeness (QED) is 0.421. The fraction of sp³-hybridized carbons (Fsp3) is 0.105. The van der Waals surface area contributed by atoms with Gasteiger partial charge in [-0.3, -0.25) is 0 Å². The van der Waals surface area contributed by atoms with Crippen LogP contribution in [0.2, 0.25) is 10.0 Å². The van der Waals surface area contributed by atoms with Crippen LogP contribution < -0.4 is 15.4 Å². The van der Waals surface area contributed by atoms with E-state index in [9.17, 15) is 26.4 Å². The summed E-state index contributed by atoms with van der Waals surface area (Å²) in [6.07, 6.45) is -2.53. The summed E-state index contributed by atoms with van der Waals surface area (Å²) in [5.41, 5.74) is -1.10. The predicted molar refractivity (Wildman–Crippen MR) is 116 cm³/mol. The van der Waals surface area contributed by atoms with Gasteiger partial charge in [0.25, 0.3) is 0 Å². The number of carbonyl (C=O) groups is 1. The van der Waals surface area contributed by atoms with E-state index in [-0.39, 0.29) is 28.0 Å². The Labute approximate surface area is 195 Å². The molecule has 8 nitrogen and oxygen atoms in total. The van der Waals surface area contributed by atoms with Gasteiger partial charge < -0.3 is 15.4 Å². The molecule has 0 aliphatic heterocycles. The van der Waals surface area contributed by atoms with E-state index in [0.29, 0.717) is 6.07 Å². The normalized spacial score (nSPS) is 11.7. The zero-order valence-electron chi connectivity index (χ0n) is 16.4. The minimum Gasteiger partial charge on any atom is -0.439 e. The Kier molecular flexibility index (Phi) is 7.00. The summed E-state index contributed by atoms with van der Waals surface area (Å²) in [5, 5.41) is 3.77. The molecule has 0 aliphatic rings. The van der Waals surface area contributed by atoms with Crippen LogP contribution in [0.3, 0.4) is 0 Å². The summed E-state index contributed by atoms with van der Waals surface area (Å²) < 4.78 is 67.4. The molecule has 0 atom stereocenters. The molecule has 0 spiro atoms. The molecular formula is C19H13Cl2F3N4O4S. The highest BCUT2D eigenvalue weighted by molar-refractivity contribution is 7.90. The monoisotopic (exact) mass is 520 g/mol. The molecule has 0 aliphatic carbocycles. The van der Waals surface area contributed by atoms with Crippen molar-refractivity contribution in [3.8, 4) is 11.6 Å². The predicted octanol–water partition coefficient (Wildman–Crippen LogP) is 5.64. The number of rotatable bonds is 5. The van der Waals surface area contributed by atoms with Gasteiger partial charge in [0.2, 0.25) is 20.9 Å². The van der Waals surface area contributed by atoms with Crippen LogP contribution in [0, 0.1) is 0 Å². The number of nitrogens with one attached hydrogen (secondary N) is 2. The van der Waals surface area contributed by atoms with Crippen LogP contribution in [-0.2, 0) is 16.0 Å². The van der Waals surface area contributed by atoms with Crippen LogP contribution in [0.4, 0.5) is 29.3 Å². The largest absolute Gasteiger partial charge is 0.439 e. The number of anilines is 2. The van der Waals surface area contributed by atoms with Gasteiger partial charge in [-0.1, -0.05) is 23.2 Å². The van der Waals surface area contributed by atoms with Crippen molar-refractivity contribution in [1.82, 2.24) is 9.97 Å². The number of nitrogens with zero attached hydrogens (tertiary/aromatic N) is 2. The van der Waals surface area contributed by atoms with Gasteiger partial charge in [0, 0.05) is 30.3 Å². The lowest BCUT2D eigenvalue weighted by molar-refractivity contribution is -0.137. The zero-order valence-corrected chi connectivity index (χ0v) is 18.8. The van der Waals surface area contributed by atoms with E-state index in [1.165, 1.54) is 36.5 Å². The summed E-state index contributed by atoms with van der Waals surface area (Å²) in [7, 11) is -3.64. The molecule has 1 aromatic heterocycles. The second-order valence-electron chi connectivity index (χ2n) is 6.46. The Morgan fingerprint density at radius 1 is 1.03 bits per heavy atom. The molecule has 33 heavy (non-hydrogen) atoms. The second-order valence-corrected chi connectivity index (χ2v) is 9.19. The van der Waals surface area contributed by atoms with E-state index in [0.717, 1.165) is 12.3 Å². The first-order valence-corrected chi connectivity index (χ1v) is 11.4.